The summed E-state index contributed by atoms with van der Waals surface area (Å²) in [4.78, 5) is 34.1. The van der Waals surface area contributed by atoms with Gasteiger partial charge in [0.15, 0.2) is 0 Å². The lowest BCUT2D eigenvalue weighted by molar-refractivity contribution is -0.128. The highest BCUT2D eigenvalue weighted by atomic mass is 16.2. The van der Waals surface area contributed by atoms with Crippen LogP contribution in [0.2, 0.25) is 0 Å². The van der Waals surface area contributed by atoms with Crippen molar-refractivity contribution in [1.29, 1.82) is 0 Å². The predicted molar refractivity (Wildman–Crippen MR) is 112 cm³/mol. The number of amides is 2. The molecule has 3 aromatic rings. The molecule has 6 heteroatoms. The summed E-state index contributed by atoms with van der Waals surface area (Å²) in [5.41, 5.74) is 2.67. The normalized spacial score (nSPS) is 19.1. The molecule has 2 amide bonds. The molecule has 2 heterocycles. The minimum atomic E-state index is -0.0102. The third-order valence-electron chi connectivity index (χ3n) is 6.01. The molecule has 6 nitrogen and oxygen atoms in total. The van der Waals surface area contributed by atoms with Crippen LogP contribution in [0.3, 0.4) is 0 Å². The van der Waals surface area contributed by atoms with E-state index < -0.39 is 0 Å². The Balaban J connectivity index is 1.47. The Morgan fingerprint density at radius 1 is 1.10 bits per heavy atom. The summed E-state index contributed by atoms with van der Waals surface area (Å²) in [6.07, 6.45) is 2.69. The van der Waals surface area contributed by atoms with E-state index in [2.05, 4.69) is 0 Å². The fourth-order valence-electron chi connectivity index (χ4n) is 4.25. The van der Waals surface area contributed by atoms with Gasteiger partial charge in [0.2, 0.25) is 11.8 Å². The van der Waals surface area contributed by atoms with Gasteiger partial charge in [0, 0.05) is 37.7 Å². The largest absolute Gasteiger partial charge is 0.339 e. The number of nitrogens with zero attached hydrogens (tertiary/aromatic N) is 4. The molecule has 1 aliphatic carbocycles. The topological polar surface area (TPSA) is 58.4 Å². The monoisotopic (exact) mass is 388 g/mol. The van der Waals surface area contributed by atoms with E-state index in [4.69, 9.17) is 4.98 Å². The molecule has 1 saturated heterocycles. The number of carbonyl (C=O) groups is 2. The molecule has 1 atom stereocenters. The SMILES string of the molecule is CN(C(=O)Cn1c(C2CC(=O)N(C3CC3)C2)nc2ccccc21)c1ccccc1. The number of para-hydroxylation sites is 3. The molecule has 5 rings (SSSR count). The summed E-state index contributed by atoms with van der Waals surface area (Å²) < 4.78 is 2.01. The molecule has 0 spiro atoms. The van der Waals surface area contributed by atoms with E-state index in [1.165, 1.54) is 0 Å². The number of hydrogen-bond donors (Lipinski definition) is 0. The van der Waals surface area contributed by atoms with Gasteiger partial charge in [0.1, 0.15) is 12.4 Å². The van der Waals surface area contributed by atoms with Gasteiger partial charge in [-0.15, -0.1) is 0 Å². The third-order valence-corrected chi connectivity index (χ3v) is 6.01. The Bertz CT molecular complexity index is 1070. The maximum atomic E-state index is 13.1. The highest BCUT2D eigenvalue weighted by Gasteiger charge is 2.41. The van der Waals surface area contributed by atoms with Gasteiger partial charge in [-0.05, 0) is 37.1 Å². The molecule has 1 unspecified atom stereocenters. The first kappa shape index (κ1) is 17.9. The van der Waals surface area contributed by atoms with E-state index in [0.29, 0.717) is 19.0 Å². The molecule has 0 N–H and O–H groups in total. The van der Waals surface area contributed by atoms with Crippen molar-refractivity contribution < 1.29 is 9.59 Å². The average molecular weight is 388 g/mol. The number of aromatic nitrogens is 2. The molecule has 2 aromatic carbocycles. The summed E-state index contributed by atoms with van der Waals surface area (Å²) in [7, 11) is 1.80. The molecule has 148 valence electrons. The summed E-state index contributed by atoms with van der Waals surface area (Å²) in [6.45, 7) is 0.908. The average Bonchev–Trinajstić information content (AvgIpc) is 3.43. The number of carbonyl (C=O) groups excluding carboxylic acids is 2. The van der Waals surface area contributed by atoms with E-state index >= 15 is 0 Å². The van der Waals surface area contributed by atoms with E-state index in [0.717, 1.165) is 35.4 Å². The van der Waals surface area contributed by atoms with Gasteiger partial charge >= 0.3 is 0 Å². The Labute approximate surface area is 169 Å². The summed E-state index contributed by atoms with van der Waals surface area (Å²) in [6, 6.07) is 17.9. The molecule has 2 fully saturated rings. The van der Waals surface area contributed by atoms with Crippen LogP contribution in [0.4, 0.5) is 5.69 Å². The first-order valence-electron chi connectivity index (χ1n) is 10.2. The standard InChI is InChI=1S/C23H24N4O2/c1-25(17-7-3-2-4-8-17)22(29)15-27-20-10-6-5-9-19(20)24-23(27)16-13-21(28)26(14-16)18-11-12-18/h2-10,16,18H,11-15H2,1H3. The second-order valence-corrected chi connectivity index (χ2v) is 8.01. The second-order valence-electron chi connectivity index (χ2n) is 8.01. The number of hydrogen-bond acceptors (Lipinski definition) is 3. The molecule has 1 saturated carbocycles. The van der Waals surface area contributed by atoms with E-state index in [1.807, 2.05) is 64.1 Å². The van der Waals surface area contributed by atoms with E-state index in [9.17, 15) is 9.59 Å². The molecule has 0 bridgehead atoms. The van der Waals surface area contributed by atoms with Gasteiger partial charge in [-0.25, -0.2) is 4.98 Å². The Morgan fingerprint density at radius 2 is 1.83 bits per heavy atom. The van der Waals surface area contributed by atoms with Crippen LogP contribution in [0.5, 0.6) is 0 Å². The van der Waals surface area contributed by atoms with E-state index in [1.54, 1.807) is 11.9 Å². The molecule has 0 radical (unpaired) electrons. The first-order chi connectivity index (χ1) is 14.1. The minimum absolute atomic E-state index is 0.0102. The van der Waals surface area contributed by atoms with Gasteiger partial charge in [-0.2, -0.15) is 0 Å². The number of likely N-dealkylation sites (N-methyl/N-ethyl adjacent to an activating group) is 1. The van der Waals surface area contributed by atoms with Crippen molar-refractivity contribution in [2.45, 2.75) is 37.8 Å². The zero-order valence-electron chi connectivity index (χ0n) is 16.5. The molecular formula is C23H24N4O2. The maximum absolute atomic E-state index is 13.1. The molecule has 2 aliphatic rings. The van der Waals surface area contributed by atoms with Crippen LogP contribution < -0.4 is 4.90 Å². The van der Waals surface area contributed by atoms with Crippen molar-refractivity contribution in [1.82, 2.24) is 14.5 Å². The number of anilines is 1. The van der Waals surface area contributed by atoms with Crippen molar-refractivity contribution >= 4 is 28.5 Å². The summed E-state index contributed by atoms with van der Waals surface area (Å²) in [5, 5.41) is 0. The van der Waals surface area contributed by atoms with Gasteiger partial charge in [-0.1, -0.05) is 30.3 Å². The van der Waals surface area contributed by atoms with Crippen LogP contribution in [-0.4, -0.2) is 45.9 Å². The quantitative estimate of drug-likeness (QED) is 0.675. The summed E-state index contributed by atoms with van der Waals surface area (Å²) in [5.74, 6) is 1.08. The fourth-order valence-corrected chi connectivity index (χ4v) is 4.25. The number of rotatable bonds is 5. The Hall–Kier alpha value is -3.15. The predicted octanol–water partition coefficient (Wildman–Crippen LogP) is 3.18. The minimum Gasteiger partial charge on any atom is -0.339 e. The maximum Gasteiger partial charge on any atom is 0.246 e. The van der Waals surface area contributed by atoms with Gasteiger partial charge in [0.05, 0.1) is 11.0 Å². The van der Waals surface area contributed by atoms with E-state index in [-0.39, 0.29) is 24.3 Å². The number of likely N-dealkylation sites (tertiary alicyclic amines) is 1. The first-order valence-corrected chi connectivity index (χ1v) is 10.2. The Morgan fingerprint density at radius 3 is 2.59 bits per heavy atom. The van der Waals surface area contributed by atoms with Crippen molar-refractivity contribution in [3.05, 3.63) is 60.4 Å². The molecule has 1 aromatic heterocycles. The highest BCUT2D eigenvalue weighted by Crippen LogP contribution is 2.37. The number of fused-ring (bicyclic) bond motifs is 1. The van der Waals surface area contributed by atoms with Crippen molar-refractivity contribution in [3.63, 3.8) is 0 Å². The Kier molecular flexibility index (Phi) is 4.34. The third kappa shape index (κ3) is 3.28. The lowest BCUT2D eigenvalue weighted by Gasteiger charge is -2.20. The van der Waals surface area contributed by atoms with Gasteiger partial charge in [0.25, 0.3) is 0 Å². The van der Waals surface area contributed by atoms with Crippen LogP contribution in [0.1, 0.15) is 31.0 Å². The van der Waals surface area contributed by atoms with Crippen molar-refractivity contribution in [2.24, 2.45) is 0 Å². The second kappa shape index (κ2) is 7.03. The zero-order chi connectivity index (χ0) is 20.0. The fraction of sp³-hybridized carbons (Fsp3) is 0.348. The highest BCUT2D eigenvalue weighted by molar-refractivity contribution is 5.93. The van der Waals surface area contributed by atoms with Crippen LogP contribution in [-0.2, 0) is 16.1 Å². The molecule has 1 aliphatic heterocycles. The number of benzene rings is 2. The smallest absolute Gasteiger partial charge is 0.246 e. The van der Waals surface area contributed by atoms with Gasteiger partial charge < -0.3 is 14.4 Å². The number of imidazole rings is 1. The van der Waals surface area contributed by atoms with Crippen LogP contribution in [0.25, 0.3) is 11.0 Å². The zero-order valence-corrected chi connectivity index (χ0v) is 16.5. The van der Waals surface area contributed by atoms with Crippen LogP contribution in [0, 0.1) is 0 Å². The van der Waals surface area contributed by atoms with Crippen LogP contribution in [0.15, 0.2) is 54.6 Å². The summed E-state index contributed by atoms with van der Waals surface area (Å²) >= 11 is 0. The van der Waals surface area contributed by atoms with Crippen LogP contribution >= 0.6 is 0 Å². The van der Waals surface area contributed by atoms with Crippen molar-refractivity contribution in [2.75, 3.05) is 18.5 Å². The molecule has 29 heavy (non-hydrogen) atoms. The lowest BCUT2D eigenvalue weighted by atomic mass is 10.1. The van der Waals surface area contributed by atoms with Gasteiger partial charge in [-0.3, -0.25) is 9.59 Å². The lowest BCUT2D eigenvalue weighted by Crippen LogP contribution is -2.31. The van der Waals surface area contributed by atoms with Crippen molar-refractivity contribution in [3.8, 4) is 0 Å². The molecular weight excluding hydrogens is 364 g/mol.